The second kappa shape index (κ2) is 5.59. The molecule has 14 heavy (non-hydrogen) atoms. The molecular formula is C10H16N2O2. The molecule has 0 bridgehead atoms. The van der Waals surface area contributed by atoms with Crippen molar-refractivity contribution < 1.29 is 9.78 Å². The summed E-state index contributed by atoms with van der Waals surface area (Å²) in [6, 6.07) is 9.04. The van der Waals surface area contributed by atoms with Crippen molar-refractivity contribution >= 4 is 0 Å². The fourth-order valence-corrected chi connectivity index (χ4v) is 0.870. The van der Waals surface area contributed by atoms with Crippen LogP contribution in [0.5, 0.6) is 5.75 Å². The van der Waals surface area contributed by atoms with Crippen LogP contribution in [0.15, 0.2) is 30.3 Å². The number of hydrogen-bond acceptors (Lipinski definition) is 4. The molecule has 0 aliphatic carbocycles. The molecule has 0 saturated heterocycles. The first kappa shape index (κ1) is 11.0. The van der Waals surface area contributed by atoms with E-state index in [2.05, 4.69) is 0 Å². The zero-order chi connectivity index (χ0) is 10.4. The molecule has 4 nitrogen and oxygen atoms in total. The third-order valence-corrected chi connectivity index (χ3v) is 1.91. The molecule has 4 N–H and O–H groups in total. The van der Waals surface area contributed by atoms with Crippen LogP contribution < -0.4 is 16.4 Å². The van der Waals surface area contributed by atoms with E-state index < -0.39 is 0 Å². The Balaban J connectivity index is 2.34. The highest BCUT2D eigenvalue weighted by Crippen LogP contribution is 2.10. The van der Waals surface area contributed by atoms with Gasteiger partial charge in [0, 0.05) is 12.6 Å². The van der Waals surface area contributed by atoms with Crippen molar-refractivity contribution in [1.29, 1.82) is 0 Å². The van der Waals surface area contributed by atoms with E-state index in [1.807, 2.05) is 25.1 Å². The van der Waals surface area contributed by atoms with Gasteiger partial charge in [-0.2, -0.15) is 4.89 Å². The summed E-state index contributed by atoms with van der Waals surface area (Å²) in [6.45, 7) is 2.19. The fraction of sp³-hybridized carbons (Fsp3) is 0.400. The zero-order valence-electron chi connectivity index (χ0n) is 8.22. The average molecular weight is 196 g/mol. The topological polar surface area (TPSA) is 70.5 Å². The standard InChI is InChI=1S/C10H16N2O2/c1-8(10(12)7-11)13-14-9-5-3-2-4-6-9/h2-6,8,10H,7,11-12H2,1H3/t8-,10?/m0/s1. The van der Waals surface area contributed by atoms with Gasteiger partial charge in [-0.3, -0.25) is 0 Å². The number of para-hydroxylation sites is 1. The summed E-state index contributed by atoms with van der Waals surface area (Å²) >= 11 is 0. The smallest absolute Gasteiger partial charge is 0.165 e. The first-order chi connectivity index (χ1) is 6.74. The Bertz CT molecular complexity index is 254. The zero-order valence-corrected chi connectivity index (χ0v) is 8.22. The maximum atomic E-state index is 5.65. The number of hydrogen-bond donors (Lipinski definition) is 2. The maximum Gasteiger partial charge on any atom is 0.165 e. The summed E-state index contributed by atoms with van der Waals surface area (Å²) in [7, 11) is 0. The van der Waals surface area contributed by atoms with Crippen molar-refractivity contribution in [3.63, 3.8) is 0 Å². The highest BCUT2D eigenvalue weighted by Gasteiger charge is 2.12. The number of nitrogens with two attached hydrogens (primary N) is 2. The van der Waals surface area contributed by atoms with E-state index in [1.54, 1.807) is 12.1 Å². The lowest BCUT2D eigenvalue weighted by Crippen LogP contribution is -2.41. The highest BCUT2D eigenvalue weighted by atomic mass is 17.2. The summed E-state index contributed by atoms with van der Waals surface area (Å²) in [4.78, 5) is 10.1. The van der Waals surface area contributed by atoms with E-state index in [4.69, 9.17) is 21.2 Å². The lowest BCUT2D eigenvalue weighted by molar-refractivity contribution is -0.243. The second-order valence-corrected chi connectivity index (χ2v) is 3.10. The Morgan fingerprint density at radius 2 is 1.93 bits per heavy atom. The quantitative estimate of drug-likeness (QED) is 0.536. The molecule has 0 fully saturated rings. The van der Waals surface area contributed by atoms with E-state index >= 15 is 0 Å². The highest BCUT2D eigenvalue weighted by molar-refractivity contribution is 5.20. The molecule has 0 amide bonds. The summed E-state index contributed by atoms with van der Waals surface area (Å²) in [5.74, 6) is 0.656. The molecule has 0 radical (unpaired) electrons. The normalized spacial score (nSPS) is 14.8. The van der Waals surface area contributed by atoms with Crippen LogP contribution in [-0.4, -0.2) is 18.7 Å². The third-order valence-electron chi connectivity index (χ3n) is 1.91. The van der Waals surface area contributed by atoms with E-state index in [9.17, 15) is 0 Å². The molecular weight excluding hydrogens is 180 g/mol. The van der Waals surface area contributed by atoms with Gasteiger partial charge in [0.25, 0.3) is 0 Å². The van der Waals surface area contributed by atoms with Crippen LogP contribution in [0.2, 0.25) is 0 Å². The molecule has 2 atom stereocenters. The Kier molecular flexibility index (Phi) is 4.39. The van der Waals surface area contributed by atoms with Crippen LogP contribution in [0.25, 0.3) is 0 Å². The summed E-state index contributed by atoms with van der Waals surface area (Å²) in [6.07, 6.45) is -0.222. The molecule has 0 saturated carbocycles. The molecule has 0 heterocycles. The van der Waals surface area contributed by atoms with Crippen molar-refractivity contribution in [3.05, 3.63) is 30.3 Å². The van der Waals surface area contributed by atoms with Gasteiger partial charge in [0.15, 0.2) is 5.75 Å². The Hall–Kier alpha value is -1.10. The van der Waals surface area contributed by atoms with E-state index in [1.165, 1.54) is 0 Å². The van der Waals surface area contributed by atoms with Crippen LogP contribution in [0.3, 0.4) is 0 Å². The first-order valence-corrected chi connectivity index (χ1v) is 4.58. The van der Waals surface area contributed by atoms with Gasteiger partial charge in [0.2, 0.25) is 0 Å². The molecule has 0 spiro atoms. The Labute approximate surface area is 83.7 Å². The van der Waals surface area contributed by atoms with E-state index in [0.29, 0.717) is 12.3 Å². The van der Waals surface area contributed by atoms with Gasteiger partial charge in [0.05, 0.1) is 0 Å². The predicted molar refractivity (Wildman–Crippen MR) is 54.6 cm³/mol. The molecule has 0 aliphatic heterocycles. The Morgan fingerprint density at radius 1 is 1.29 bits per heavy atom. The fourth-order valence-electron chi connectivity index (χ4n) is 0.870. The third kappa shape index (κ3) is 3.33. The van der Waals surface area contributed by atoms with Crippen LogP contribution >= 0.6 is 0 Å². The van der Waals surface area contributed by atoms with Crippen LogP contribution in [0.4, 0.5) is 0 Å². The van der Waals surface area contributed by atoms with Gasteiger partial charge in [-0.25, -0.2) is 0 Å². The first-order valence-electron chi connectivity index (χ1n) is 4.58. The summed E-state index contributed by atoms with van der Waals surface area (Å²) < 4.78 is 0. The molecule has 0 aromatic heterocycles. The van der Waals surface area contributed by atoms with Crippen LogP contribution in [-0.2, 0) is 4.89 Å². The summed E-state index contributed by atoms with van der Waals surface area (Å²) in [5.41, 5.74) is 11.0. The minimum absolute atomic E-state index is 0.210. The minimum atomic E-state index is -0.222. The van der Waals surface area contributed by atoms with Crippen molar-refractivity contribution in [2.24, 2.45) is 11.5 Å². The molecule has 1 aromatic carbocycles. The van der Waals surface area contributed by atoms with Crippen molar-refractivity contribution in [1.82, 2.24) is 0 Å². The number of rotatable bonds is 5. The second-order valence-electron chi connectivity index (χ2n) is 3.10. The van der Waals surface area contributed by atoms with E-state index in [0.717, 1.165) is 0 Å². The predicted octanol–water partition coefficient (Wildman–Crippen LogP) is 0.672. The molecule has 4 heteroatoms. The largest absolute Gasteiger partial charge is 0.337 e. The molecule has 1 unspecified atom stereocenters. The minimum Gasteiger partial charge on any atom is -0.337 e. The SMILES string of the molecule is C[C@H](OOc1ccccc1)C(N)CN. The lowest BCUT2D eigenvalue weighted by Gasteiger charge is -2.17. The van der Waals surface area contributed by atoms with Crippen molar-refractivity contribution in [3.8, 4) is 5.75 Å². The molecule has 0 aliphatic rings. The van der Waals surface area contributed by atoms with Gasteiger partial charge in [-0.1, -0.05) is 18.2 Å². The molecule has 1 rings (SSSR count). The molecule has 1 aromatic rings. The van der Waals surface area contributed by atoms with Crippen LogP contribution in [0.1, 0.15) is 6.92 Å². The summed E-state index contributed by atoms with van der Waals surface area (Å²) in [5, 5.41) is 0. The molecule has 78 valence electrons. The van der Waals surface area contributed by atoms with Gasteiger partial charge in [0.1, 0.15) is 6.10 Å². The Morgan fingerprint density at radius 3 is 2.50 bits per heavy atom. The van der Waals surface area contributed by atoms with Crippen molar-refractivity contribution in [2.45, 2.75) is 19.1 Å². The lowest BCUT2D eigenvalue weighted by atomic mass is 10.2. The maximum absolute atomic E-state index is 5.65. The van der Waals surface area contributed by atoms with Gasteiger partial charge < -0.3 is 16.4 Å². The van der Waals surface area contributed by atoms with Gasteiger partial charge in [-0.05, 0) is 19.1 Å². The number of benzene rings is 1. The van der Waals surface area contributed by atoms with Crippen molar-refractivity contribution in [2.75, 3.05) is 6.54 Å². The van der Waals surface area contributed by atoms with Gasteiger partial charge in [-0.15, -0.1) is 0 Å². The van der Waals surface area contributed by atoms with E-state index in [-0.39, 0.29) is 12.1 Å². The van der Waals surface area contributed by atoms with Gasteiger partial charge >= 0.3 is 0 Å². The monoisotopic (exact) mass is 196 g/mol. The average Bonchev–Trinajstić information content (AvgIpc) is 2.26. The van der Waals surface area contributed by atoms with Crippen LogP contribution in [0, 0.1) is 0 Å².